The normalized spacial score (nSPS) is 26.3. The molecule has 2 bridgehead atoms. The molecule has 2 aromatic rings. The molecule has 0 unspecified atom stereocenters. The van der Waals surface area contributed by atoms with E-state index in [0.29, 0.717) is 35.9 Å². The molecule has 0 radical (unpaired) electrons. The molecule has 5 heterocycles. The van der Waals surface area contributed by atoms with Gasteiger partial charge in [-0.2, -0.15) is 0 Å². The number of aromatic nitrogens is 1. The number of amides is 2. The Morgan fingerprint density at radius 2 is 1.77 bits per heavy atom. The van der Waals surface area contributed by atoms with Gasteiger partial charge in [-0.25, -0.2) is 4.98 Å². The second-order valence-corrected chi connectivity index (χ2v) is 12.1. The molecular formula is C31H41N5O3. The van der Waals surface area contributed by atoms with Crippen LogP contribution in [0.2, 0.25) is 0 Å². The third kappa shape index (κ3) is 5.23. The van der Waals surface area contributed by atoms with E-state index in [2.05, 4.69) is 34.3 Å². The highest BCUT2D eigenvalue weighted by molar-refractivity contribution is 5.97. The fraction of sp³-hybridized carbons (Fsp3) is 0.581. The molecule has 4 aliphatic rings. The molecule has 2 N–H and O–H groups in total. The van der Waals surface area contributed by atoms with Gasteiger partial charge in [0.25, 0.3) is 11.8 Å². The Bertz CT molecular complexity index is 1220. The summed E-state index contributed by atoms with van der Waals surface area (Å²) < 4.78 is 5.77. The van der Waals surface area contributed by atoms with Gasteiger partial charge in [0, 0.05) is 60.5 Å². The van der Waals surface area contributed by atoms with E-state index in [1.54, 1.807) is 6.20 Å². The van der Waals surface area contributed by atoms with Crippen molar-refractivity contribution in [3.63, 3.8) is 0 Å². The minimum atomic E-state index is -0.0405. The van der Waals surface area contributed by atoms with Crippen LogP contribution in [0, 0.1) is 6.92 Å². The number of benzene rings is 1. The van der Waals surface area contributed by atoms with E-state index in [0.717, 1.165) is 75.2 Å². The molecule has 6 rings (SSSR count). The number of nitrogens with one attached hydrogen (secondary N) is 2. The molecule has 0 spiro atoms. The SMILES string of the molecule is Cc1c(C(=O)N[C@H]2C[C@H]3CC[C@@H](C2)N3c2ccc(C(=O)N[C@H]3CCCN(C(C)C)C3)cn2)ccc2c1OCC2. The molecular weight excluding hydrogens is 490 g/mol. The molecule has 0 saturated carbocycles. The summed E-state index contributed by atoms with van der Waals surface area (Å²) in [6.45, 7) is 9.11. The van der Waals surface area contributed by atoms with E-state index < -0.39 is 0 Å². The van der Waals surface area contributed by atoms with Gasteiger partial charge in [0.15, 0.2) is 0 Å². The van der Waals surface area contributed by atoms with Crippen LogP contribution in [0.25, 0.3) is 0 Å². The summed E-state index contributed by atoms with van der Waals surface area (Å²) in [5, 5.41) is 6.54. The third-order valence-corrected chi connectivity index (χ3v) is 9.21. The number of rotatable bonds is 6. The van der Waals surface area contributed by atoms with Crippen LogP contribution in [0.4, 0.5) is 5.82 Å². The summed E-state index contributed by atoms with van der Waals surface area (Å²) in [6.07, 6.45) is 8.77. The Hall–Kier alpha value is -3.13. The van der Waals surface area contributed by atoms with Crippen molar-refractivity contribution in [1.82, 2.24) is 20.5 Å². The third-order valence-electron chi connectivity index (χ3n) is 9.21. The van der Waals surface area contributed by atoms with Gasteiger partial charge in [0.1, 0.15) is 11.6 Å². The van der Waals surface area contributed by atoms with Crippen LogP contribution in [0.5, 0.6) is 5.75 Å². The molecule has 2 amide bonds. The summed E-state index contributed by atoms with van der Waals surface area (Å²) >= 11 is 0. The second-order valence-electron chi connectivity index (χ2n) is 12.1. The van der Waals surface area contributed by atoms with Crippen molar-refractivity contribution < 1.29 is 14.3 Å². The molecule has 1 aromatic heterocycles. The van der Waals surface area contributed by atoms with Crippen LogP contribution in [-0.4, -0.2) is 71.6 Å². The van der Waals surface area contributed by atoms with Crippen LogP contribution in [-0.2, 0) is 6.42 Å². The standard InChI is InChI=1S/C31H41N5O3/c1-19(2)35-13-4-5-23(18-35)33-30(37)22-7-11-28(32-17-22)36-25-8-9-26(36)16-24(15-25)34-31(38)27-10-6-21-12-14-39-29(21)20(27)3/h6-7,10-11,17,19,23-26H,4-5,8-9,12-16,18H2,1-3H3,(H,33,37)(H,34,38)/t23-,24-,25+,26-/m0/s1. The lowest BCUT2D eigenvalue weighted by Crippen LogP contribution is -2.51. The number of hydrogen-bond donors (Lipinski definition) is 2. The van der Waals surface area contributed by atoms with Crippen molar-refractivity contribution >= 4 is 17.6 Å². The zero-order valence-corrected chi connectivity index (χ0v) is 23.4. The predicted octanol–water partition coefficient (Wildman–Crippen LogP) is 3.86. The summed E-state index contributed by atoms with van der Waals surface area (Å²) in [5.41, 5.74) is 3.46. The first kappa shape index (κ1) is 26.1. The maximum atomic E-state index is 13.2. The van der Waals surface area contributed by atoms with Crippen LogP contribution >= 0.6 is 0 Å². The van der Waals surface area contributed by atoms with Gasteiger partial charge in [0.2, 0.25) is 0 Å². The quantitative estimate of drug-likeness (QED) is 0.589. The monoisotopic (exact) mass is 531 g/mol. The zero-order valence-electron chi connectivity index (χ0n) is 23.4. The smallest absolute Gasteiger partial charge is 0.253 e. The van der Waals surface area contributed by atoms with Crippen molar-refractivity contribution in [3.05, 3.63) is 52.7 Å². The first-order chi connectivity index (χ1) is 18.9. The number of hydrogen-bond acceptors (Lipinski definition) is 6. The average Bonchev–Trinajstić information content (AvgIpc) is 3.52. The van der Waals surface area contributed by atoms with E-state index in [1.165, 1.54) is 5.56 Å². The van der Waals surface area contributed by atoms with Gasteiger partial charge in [0.05, 0.1) is 12.2 Å². The first-order valence-electron chi connectivity index (χ1n) is 14.7. The molecule has 208 valence electrons. The maximum Gasteiger partial charge on any atom is 0.253 e. The minimum Gasteiger partial charge on any atom is -0.493 e. The molecule has 1 aromatic carbocycles. The summed E-state index contributed by atoms with van der Waals surface area (Å²) in [6, 6.07) is 9.39. The van der Waals surface area contributed by atoms with Crippen LogP contribution in [0.1, 0.15) is 84.2 Å². The lowest BCUT2D eigenvalue weighted by atomic mass is 9.96. The second kappa shape index (κ2) is 10.8. The molecule has 39 heavy (non-hydrogen) atoms. The number of fused-ring (bicyclic) bond motifs is 3. The van der Waals surface area contributed by atoms with Gasteiger partial charge in [-0.1, -0.05) is 6.07 Å². The van der Waals surface area contributed by atoms with Gasteiger partial charge >= 0.3 is 0 Å². The van der Waals surface area contributed by atoms with Gasteiger partial charge in [-0.05, 0) is 89.6 Å². The number of anilines is 1. The molecule has 4 atom stereocenters. The highest BCUT2D eigenvalue weighted by Crippen LogP contribution is 2.39. The van der Waals surface area contributed by atoms with Crippen LogP contribution in [0.3, 0.4) is 0 Å². The fourth-order valence-electron chi connectivity index (χ4n) is 7.12. The number of carbonyl (C=O) groups is 2. The largest absolute Gasteiger partial charge is 0.493 e. The first-order valence-corrected chi connectivity index (χ1v) is 14.7. The zero-order chi connectivity index (χ0) is 27.1. The molecule has 3 saturated heterocycles. The number of nitrogens with zero attached hydrogens (tertiary/aromatic N) is 3. The summed E-state index contributed by atoms with van der Waals surface area (Å²) in [4.78, 5) is 35.7. The van der Waals surface area contributed by atoms with Crippen molar-refractivity contribution in [3.8, 4) is 5.75 Å². The average molecular weight is 532 g/mol. The van der Waals surface area contributed by atoms with Crippen LogP contribution < -0.4 is 20.3 Å². The topological polar surface area (TPSA) is 86.8 Å². The number of ether oxygens (including phenoxy) is 1. The molecule has 8 nitrogen and oxygen atoms in total. The van der Waals surface area contributed by atoms with Crippen LogP contribution in [0.15, 0.2) is 30.5 Å². The highest BCUT2D eigenvalue weighted by Gasteiger charge is 2.42. The van der Waals surface area contributed by atoms with E-state index in [1.807, 2.05) is 31.2 Å². The molecule has 3 fully saturated rings. The van der Waals surface area contributed by atoms with E-state index in [9.17, 15) is 9.59 Å². The summed E-state index contributed by atoms with van der Waals surface area (Å²) in [7, 11) is 0. The number of carbonyl (C=O) groups excluding carboxylic acids is 2. The van der Waals surface area contributed by atoms with Gasteiger partial charge < -0.3 is 20.3 Å². The Kier molecular flexibility index (Phi) is 7.23. The number of piperidine rings is 2. The van der Waals surface area contributed by atoms with Crippen molar-refractivity contribution in [2.75, 3.05) is 24.6 Å². The number of pyridine rings is 1. The van der Waals surface area contributed by atoms with E-state index in [-0.39, 0.29) is 23.9 Å². The Morgan fingerprint density at radius 3 is 2.49 bits per heavy atom. The fourth-order valence-corrected chi connectivity index (χ4v) is 7.12. The van der Waals surface area contributed by atoms with Gasteiger partial charge in [-0.3, -0.25) is 14.5 Å². The Balaban J connectivity index is 1.06. The number of likely N-dealkylation sites (tertiary alicyclic amines) is 1. The maximum absolute atomic E-state index is 13.2. The molecule has 4 aliphatic heterocycles. The van der Waals surface area contributed by atoms with E-state index >= 15 is 0 Å². The van der Waals surface area contributed by atoms with Crippen molar-refractivity contribution in [2.45, 2.75) is 95.9 Å². The molecule has 8 heteroatoms. The van der Waals surface area contributed by atoms with Crippen molar-refractivity contribution in [2.24, 2.45) is 0 Å². The lowest BCUT2D eigenvalue weighted by molar-refractivity contribution is 0.0885. The highest BCUT2D eigenvalue weighted by atomic mass is 16.5. The Morgan fingerprint density at radius 1 is 1.00 bits per heavy atom. The Labute approximate surface area is 231 Å². The molecule has 0 aliphatic carbocycles. The summed E-state index contributed by atoms with van der Waals surface area (Å²) in [5.74, 6) is 1.77. The lowest BCUT2D eigenvalue weighted by Gasteiger charge is -2.40. The minimum absolute atomic E-state index is 0.00776. The predicted molar refractivity (Wildman–Crippen MR) is 152 cm³/mol. The van der Waals surface area contributed by atoms with Crippen molar-refractivity contribution in [1.29, 1.82) is 0 Å². The van der Waals surface area contributed by atoms with Gasteiger partial charge in [-0.15, -0.1) is 0 Å². The van der Waals surface area contributed by atoms with E-state index in [4.69, 9.17) is 9.72 Å².